The maximum Gasteiger partial charge on any atom is 0.257 e. The molecule has 0 heterocycles. The molecule has 0 saturated heterocycles. The van der Waals surface area contributed by atoms with E-state index < -0.39 is 0 Å². The number of nitrogens with one attached hydrogen (secondary N) is 2. The molecular formula is C27H24N2O3. The molecule has 5 heteroatoms. The molecule has 0 bridgehead atoms. The van der Waals surface area contributed by atoms with Gasteiger partial charge in [0, 0.05) is 5.69 Å². The Morgan fingerprint density at radius 3 is 2.31 bits per heavy atom. The van der Waals surface area contributed by atoms with Crippen LogP contribution >= 0.6 is 0 Å². The Hall–Kier alpha value is -4.12. The van der Waals surface area contributed by atoms with Crippen molar-refractivity contribution >= 4 is 34.0 Å². The van der Waals surface area contributed by atoms with E-state index >= 15 is 0 Å². The highest BCUT2D eigenvalue weighted by Crippen LogP contribution is 2.22. The highest BCUT2D eigenvalue weighted by atomic mass is 16.5. The molecule has 0 saturated carbocycles. The average molecular weight is 425 g/mol. The number of rotatable bonds is 7. The van der Waals surface area contributed by atoms with Crippen LogP contribution in [0.1, 0.15) is 22.8 Å². The molecule has 0 aliphatic rings. The molecule has 0 radical (unpaired) electrons. The number of carbonyl (C=O) groups is 2. The molecule has 0 unspecified atom stereocenters. The van der Waals surface area contributed by atoms with Gasteiger partial charge in [-0.3, -0.25) is 9.59 Å². The first-order chi connectivity index (χ1) is 15.6. The third kappa shape index (κ3) is 4.95. The van der Waals surface area contributed by atoms with Gasteiger partial charge in [0.05, 0.1) is 24.3 Å². The van der Waals surface area contributed by atoms with Crippen molar-refractivity contribution in [1.29, 1.82) is 0 Å². The van der Waals surface area contributed by atoms with Gasteiger partial charge in [0.2, 0.25) is 5.91 Å². The minimum Gasteiger partial charge on any atom is -0.494 e. The first-order valence-corrected chi connectivity index (χ1v) is 10.5. The van der Waals surface area contributed by atoms with Crippen molar-refractivity contribution in [3.8, 4) is 5.75 Å². The SMILES string of the molecule is CCOc1ccc(NC(=O)c2ccccc2NC(=O)Cc2cccc3ccccc23)cc1. The van der Waals surface area contributed by atoms with Crippen molar-refractivity contribution in [1.82, 2.24) is 0 Å². The minimum absolute atomic E-state index is 0.178. The number of amides is 2. The zero-order chi connectivity index (χ0) is 22.3. The van der Waals surface area contributed by atoms with Gasteiger partial charge in [-0.05, 0) is 59.7 Å². The number of ether oxygens (including phenoxy) is 1. The fraction of sp³-hybridized carbons (Fsp3) is 0.111. The average Bonchev–Trinajstić information content (AvgIpc) is 2.81. The van der Waals surface area contributed by atoms with Crippen molar-refractivity contribution in [2.75, 3.05) is 17.2 Å². The number of hydrogen-bond acceptors (Lipinski definition) is 3. The predicted molar refractivity (Wildman–Crippen MR) is 128 cm³/mol. The first kappa shape index (κ1) is 21.1. The number of carbonyl (C=O) groups excluding carboxylic acids is 2. The van der Waals surface area contributed by atoms with Gasteiger partial charge in [-0.2, -0.15) is 0 Å². The zero-order valence-corrected chi connectivity index (χ0v) is 17.8. The summed E-state index contributed by atoms with van der Waals surface area (Å²) in [5.41, 5.74) is 2.46. The summed E-state index contributed by atoms with van der Waals surface area (Å²) in [4.78, 5) is 25.7. The van der Waals surface area contributed by atoms with Gasteiger partial charge in [-0.25, -0.2) is 0 Å². The molecule has 160 valence electrons. The number of para-hydroxylation sites is 1. The first-order valence-electron chi connectivity index (χ1n) is 10.5. The Morgan fingerprint density at radius 1 is 0.781 bits per heavy atom. The van der Waals surface area contributed by atoms with E-state index in [9.17, 15) is 9.59 Å². The molecule has 4 rings (SSSR count). The van der Waals surface area contributed by atoms with Gasteiger partial charge >= 0.3 is 0 Å². The van der Waals surface area contributed by atoms with Crippen molar-refractivity contribution in [2.45, 2.75) is 13.3 Å². The summed E-state index contributed by atoms with van der Waals surface area (Å²) in [6.45, 7) is 2.50. The van der Waals surface area contributed by atoms with Gasteiger partial charge in [-0.15, -0.1) is 0 Å². The van der Waals surface area contributed by atoms with Crippen LogP contribution in [0.5, 0.6) is 5.75 Å². The standard InChI is InChI=1S/C27H24N2O3/c1-2-32-22-16-14-21(15-17-22)28-27(31)24-12-5-6-13-25(24)29-26(30)18-20-10-7-9-19-8-3-4-11-23(19)20/h3-17H,2,18H2,1H3,(H,28,31)(H,29,30). The van der Waals surface area contributed by atoms with Crippen LogP contribution in [0.4, 0.5) is 11.4 Å². The lowest BCUT2D eigenvalue weighted by Gasteiger charge is -2.12. The molecule has 0 spiro atoms. The van der Waals surface area contributed by atoms with Crippen LogP contribution in [-0.2, 0) is 11.2 Å². The maximum absolute atomic E-state index is 12.9. The van der Waals surface area contributed by atoms with Crippen molar-refractivity contribution in [2.24, 2.45) is 0 Å². The molecule has 2 N–H and O–H groups in total. The lowest BCUT2D eigenvalue weighted by molar-refractivity contribution is -0.115. The van der Waals surface area contributed by atoms with E-state index in [1.54, 1.807) is 48.5 Å². The lowest BCUT2D eigenvalue weighted by Crippen LogP contribution is -2.19. The van der Waals surface area contributed by atoms with E-state index in [0.717, 1.165) is 22.1 Å². The van der Waals surface area contributed by atoms with Gasteiger partial charge < -0.3 is 15.4 Å². The number of hydrogen-bond donors (Lipinski definition) is 2. The molecule has 0 aliphatic carbocycles. The van der Waals surface area contributed by atoms with Crippen molar-refractivity contribution < 1.29 is 14.3 Å². The fourth-order valence-electron chi connectivity index (χ4n) is 3.60. The Morgan fingerprint density at radius 2 is 1.50 bits per heavy atom. The summed E-state index contributed by atoms with van der Waals surface area (Å²) >= 11 is 0. The Kier molecular flexibility index (Phi) is 6.46. The summed E-state index contributed by atoms with van der Waals surface area (Å²) in [7, 11) is 0. The molecule has 4 aromatic carbocycles. The normalized spacial score (nSPS) is 10.5. The number of benzene rings is 4. The Labute approximate surface area is 187 Å². The van der Waals surface area contributed by atoms with Crippen LogP contribution in [0.2, 0.25) is 0 Å². The molecule has 0 aliphatic heterocycles. The van der Waals surface area contributed by atoms with Crippen LogP contribution in [0.15, 0.2) is 91.0 Å². The lowest BCUT2D eigenvalue weighted by atomic mass is 10.0. The monoisotopic (exact) mass is 424 g/mol. The highest BCUT2D eigenvalue weighted by molar-refractivity contribution is 6.10. The molecule has 5 nitrogen and oxygen atoms in total. The highest BCUT2D eigenvalue weighted by Gasteiger charge is 2.14. The van der Waals surface area contributed by atoms with Crippen LogP contribution in [0, 0.1) is 0 Å². The fourth-order valence-corrected chi connectivity index (χ4v) is 3.60. The van der Waals surface area contributed by atoms with Crippen molar-refractivity contribution in [3.05, 3.63) is 102 Å². The molecular weight excluding hydrogens is 400 g/mol. The van der Waals surface area contributed by atoms with E-state index in [1.807, 2.05) is 49.4 Å². The van der Waals surface area contributed by atoms with Gasteiger partial charge in [0.1, 0.15) is 5.75 Å². The second kappa shape index (κ2) is 9.79. The van der Waals surface area contributed by atoms with Gasteiger partial charge in [0.25, 0.3) is 5.91 Å². The molecule has 0 aromatic heterocycles. The Balaban J connectivity index is 1.48. The maximum atomic E-state index is 12.9. The second-order valence-electron chi connectivity index (χ2n) is 7.32. The number of fused-ring (bicyclic) bond motifs is 1. The molecule has 0 fully saturated rings. The van der Waals surface area contributed by atoms with E-state index in [4.69, 9.17) is 4.74 Å². The number of anilines is 2. The summed E-state index contributed by atoms with van der Waals surface area (Å²) in [6, 6.07) is 28.1. The van der Waals surface area contributed by atoms with Crippen LogP contribution in [0.3, 0.4) is 0 Å². The molecule has 4 aromatic rings. The summed E-state index contributed by atoms with van der Waals surface area (Å²) < 4.78 is 5.43. The minimum atomic E-state index is -0.296. The third-order valence-corrected chi connectivity index (χ3v) is 5.10. The van der Waals surface area contributed by atoms with Gasteiger partial charge in [-0.1, -0.05) is 54.6 Å². The molecule has 0 atom stereocenters. The van der Waals surface area contributed by atoms with Crippen LogP contribution in [0.25, 0.3) is 10.8 Å². The Bertz CT molecular complexity index is 1240. The topological polar surface area (TPSA) is 67.4 Å². The van der Waals surface area contributed by atoms with Gasteiger partial charge in [0.15, 0.2) is 0 Å². The summed E-state index contributed by atoms with van der Waals surface area (Å²) in [5.74, 6) is 0.268. The van der Waals surface area contributed by atoms with E-state index in [-0.39, 0.29) is 18.2 Å². The third-order valence-electron chi connectivity index (χ3n) is 5.10. The smallest absolute Gasteiger partial charge is 0.257 e. The summed E-state index contributed by atoms with van der Waals surface area (Å²) in [6.07, 6.45) is 0.218. The second-order valence-corrected chi connectivity index (χ2v) is 7.32. The van der Waals surface area contributed by atoms with Crippen LogP contribution in [-0.4, -0.2) is 18.4 Å². The van der Waals surface area contributed by atoms with Crippen molar-refractivity contribution in [3.63, 3.8) is 0 Å². The van der Waals surface area contributed by atoms with E-state index in [1.165, 1.54) is 0 Å². The molecule has 32 heavy (non-hydrogen) atoms. The largest absolute Gasteiger partial charge is 0.494 e. The zero-order valence-electron chi connectivity index (χ0n) is 17.8. The van der Waals surface area contributed by atoms with E-state index in [2.05, 4.69) is 10.6 Å². The molecule has 2 amide bonds. The quantitative estimate of drug-likeness (QED) is 0.402. The predicted octanol–water partition coefficient (Wildman–Crippen LogP) is 5.67. The van der Waals surface area contributed by atoms with E-state index in [0.29, 0.717) is 23.5 Å². The van der Waals surface area contributed by atoms with Crippen LogP contribution < -0.4 is 15.4 Å². The summed E-state index contributed by atoms with van der Waals surface area (Å²) in [5, 5.41) is 7.90.